The van der Waals surface area contributed by atoms with Crippen LogP contribution in [0.1, 0.15) is 94.0 Å². The smallest absolute Gasteiger partial charge is 0.416 e. The van der Waals surface area contributed by atoms with Gasteiger partial charge in [0.1, 0.15) is 5.75 Å². The lowest BCUT2D eigenvalue weighted by Gasteiger charge is -2.12. The number of halogens is 8. The lowest BCUT2D eigenvalue weighted by Crippen LogP contribution is -2.08. The number of alkyl halides is 3. The van der Waals surface area contributed by atoms with Gasteiger partial charge >= 0.3 is 6.18 Å². The average Bonchev–Trinajstić information content (AvgIpc) is 1.72. The second-order valence-electron chi connectivity index (χ2n) is 21.3. The van der Waals surface area contributed by atoms with Crippen LogP contribution in [0.3, 0.4) is 0 Å². The van der Waals surface area contributed by atoms with E-state index >= 15 is 0 Å². The largest absolute Gasteiger partial charge is 0.497 e. The van der Waals surface area contributed by atoms with Crippen molar-refractivity contribution in [3.63, 3.8) is 0 Å². The maximum absolute atomic E-state index is 12.3. The zero-order valence-electron chi connectivity index (χ0n) is 51.7. The van der Waals surface area contributed by atoms with Crippen LogP contribution in [0.5, 0.6) is 5.75 Å². The van der Waals surface area contributed by atoms with Crippen LogP contribution in [0.2, 0.25) is 20.1 Å². The van der Waals surface area contributed by atoms with Crippen LogP contribution in [0.25, 0.3) is 0 Å². The van der Waals surface area contributed by atoms with Crippen molar-refractivity contribution in [3.05, 3.63) is 213 Å². The van der Waals surface area contributed by atoms with Gasteiger partial charge in [0.25, 0.3) is 0 Å². The molecule has 97 heavy (non-hydrogen) atoms. The van der Waals surface area contributed by atoms with Crippen LogP contribution < -0.4 is 9.64 Å². The van der Waals surface area contributed by atoms with E-state index in [1.165, 1.54) is 34.5 Å². The maximum atomic E-state index is 12.3. The number of carbonyl (C=O) groups is 8. The topological polar surface area (TPSA) is 149 Å². The monoisotopic (exact) mass is 1660 g/mol. The summed E-state index contributed by atoms with van der Waals surface area (Å²) in [6.07, 6.45) is -2.33. The minimum Gasteiger partial charge on any atom is -0.497 e. The molecule has 8 heterocycles. The molecule has 0 aliphatic carbocycles. The van der Waals surface area contributed by atoms with Crippen molar-refractivity contribution in [3.8, 4) is 5.75 Å². The number of carbonyl (C=O) groups excluding carboxylic acids is 8. The van der Waals surface area contributed by atoms with E-state index in [2.05, 4.69) is 34.7 Å². The number of anilines is 1. The van der Waals surface area contributed by atoms with Crippen molar-refractivity contribution in [1.29, 1.82) is 0 Å². The predicted octanol–water partition coefficient (Wildman–Crippen LogP) is 21.1. The Hall–Kier alpha value is -4.45. The van der Waals surface area contributed by atoms with Gasteiger partial charge < -0.3 is 9.64 Å². The summed E-state index contributed by atoms with van der Waals surface area (Å²) >= 11 is 39.7. The number of ether oxygens (including phenoxy) is 1. The highest BCUT2D eigenvalue weighted by Gasteiger charge is 2.34. The normalized spacial score (nSPS) is 15.0. The third-order valence-electron chi connectivity index (χ3n) is 14.6. The third-order valence-corrected chi connectivity index (χ3v) is 26.8. The lowest BCUT2D eigenvalue weighted by molar-refractivity contribution is -0.137. The van der Waals surface area contributed by atoms with Crippen LogP contribution in [0.4, 0.5) is 18.9 Å². The number of rotatable bonds is 3. The fourth-order valence-corrected chi connectivity index (χ4v) is 20.0. The molecule has 0 saturated heterocycles. The summed E-state index contributed by atoms with van der Waals surface area (Å²) in [6.45, 7) is 2.00. The fourth-order valence-electron chi connectivity index (χ4n) is 9.64. The highest BCUT2D eigenvalue weighted by molar-refractivity contribution is 14.1. The van der Waals surface area contributed by atoms with Gasteiger partial charge in [0.2, 0.25) is 0 Å². The molecule has 0 bridgehead atoms. The summed E-state index contributed by atoms with van der Waals surface area (Å²) in [5, 5.41) is 2.36. The van der Waals surface area contributed by atoms with E-state index in [-0.39, 0.29) is 57.6 Å². The molecule has 8 aromatic rings. The molecule has 502 valence electrons. The van der Waals surface area contributed by atoms with Crippen molar-refractivity contribution >= 4 is 227 Å². The van der Waals surface area contributed by atoms with E-state index in [4.69, 9.17) is 51.1 Å². The molecule has 8 aliphatic rings. The second kappa shape index (κ2) is 35.0. The SMILES string of the molecule is CN(C)c1ccc2c(c1)SCC2=O.COc1ccc2c(c1)SCC2=O.CSc1ccc2c(c1)SCC2=O.Cc1ccc(Cl)c2c1SCC2=O.O=C1CSc2c(Cl)cc(Cl)c(I)c21.O=C1CSc2ccc(C(F)(F)F)cc21.O=C1CSc2ccc(Cl)cc21.O=C1CSc2ccccc21. The molecule has 0 unspecified atom stereocenters. The first-order chi connectivity index (χ1) is 46.2. The molecule has 16 rings (SSSR count). The fraction of sp³-hybridized carbons (Fsp3) is 0.200. The van der Waals surface area contributed by atoms with Gasteiger partial charge in [-0.2, -0.15) is 13.2 Å². The first kappa shape index (κ1) is 76.7. The quantitative estimate of drug-likeness (QED) is 0.0937. The molecule has 10 nitrogen and oxygen atoms in total. The van der Waals surface area contributed by atoms with Crippen LogP contribution in [0.15, 0.2) is 178 Å². The zero-order valence-corrected chi connectivity index (χ0v) is 64.2. The molecule has 27 heteroatoms. The number of ketones is 8. The number of thioether (sulfide) groups is 9. The Kier molecular flexibility index (Phi) is 27.6. The van der Waals surface area contributed by atoms with E-state index < -0.39 is 11.7 Å². The van der Waals surface area contributed by atoms with Gasteiger partial charge in [0, 0.05) is 111 Å². The second-order valence-corrected chi connectivity index (χ2v) is 33.0. The van der Waals surface area contributed by atoms with Gasteiger partial charge in [-0.1, -0.05) is 70.7 Å². The predicted molar refractivity (Wildman–Crippen MR) is 407 cm³/mol. The number of aryl methyl sites for hydroxylation is 1. The van der Waals surface area contributed by atoms with Crippen molar-refractivity contribution < 1.29 is 56.3 Å². The summed E-state index contributed by atoms with van der Waals surface area (Å²) < 4.78 is 42.7. The minimum absolute atomic E-state index is 0.119. The number of fused-ring (bicyclic) bond motifs is 8. The molecule has 0 radical (unpaired) electrons. The number of benzene rings is 8. The number of Topliss-reactive ketones (excluding diaryl/α,β-unsaturated/α-hetero) is 8. The summed E-state index contributed by atoms with van der Waals surface area (Å²) in [5.74, 6) is 6.31. The maximum Gasteiger partial charge on any atom is 0.416 e. The summed E-state index contributed by atoms with van der Waals surface area (Å²) in [4.78, 5) is 101. The molecule has 0 fully saturated rings. The number of hydrogen-bond donors (Lipinski definition) is 0. The van der Waals surface area contributed by atoms with Gasteiger partial charge in [-0.05, 0) is 151 Å². The number of hydrogen-bond acceptors (Lipinski definition) is 19. The van der Waals surface area contributed by atoms with Crippen molar-refractivity contribution in [2.75, 3.05) is 78.4 Å². The number of methoxy groups -OCH3 is 1. The first-order valence-corrected chi connectivity index (χ1v) is 40.5. The van der Waals surface area contributed by atoms with E-state index in [0.717, 1.165) is 100 Å². The van der Waals surface area contributed by atoms with Crippen molar-refractivity contribution in [1.82, 2.24) is 0 Å². The average molecular weight is 1670 g/mol. The van der Waals surface area contributed by atoms with Crippen LogP contribution in [0, 0.1) is 10.5 Å². The molecule has 8 aliphatic heterocycles. The highest BCUT2D eigenvalue weighted by Crippen LogP contribution is 2.44. The minimum atomic E-state index is -4.37. The number of nitrogens with zero attached hydrogens (tertiary/aromatic N) is 1. The Balaban J connectivity index is 0.000000130. The van der Waals surface area contributed by atoms with Crippen LogP contribution in [-0.4, -0.2) is 120 Å². The molecular weight excluding hydrogens is 1610 g/mol. The molecule has 0 spiro atoms. The summed E-state index contributed by atoms with van der Waals surface area (Å²) in [6, 6.07) is 39.5. The van der Waals surface area contributed by atoms with E-state index in [1.807, 2.05) is 117 Å². The van der Waals surface area contributed by atoms with Gasteiger partial charge in [-0.3, -0.25) is 38.4 Å². The standard InChI is InChI=1S/C10H11NOS.C9H7ClOS.C9H5F3OS.C9H8O2S.C9H8OS2.C8H3Cl2IOS.C8H5ClOS.C8H6OS/c1-11(2)7-3-4-8-9(12)6-13-10(8)5-7;1-5-2-3-6(10)8-7(11)4-12-9(5)8;10-9(11,12)5-1-2-8-6(3-5)7(13)4-14-8;2*1-11-6-2-3-7-8(10)5-12-9(7)4-6;9-3-1-4(10)8-6(7(3)11)5(12)2-13-8;9-5-1-2-8-6(3-5)7(10)4-11-8;9-7-5-10-8-4-2-1-3-6(7)8/h3-5H,6H2,1-2H3;2-3H,4H2,1H3;1-3H,4H2;2*2-4H,5H2,1H3;1H,2H2;1-3H,4H2;1-4H,5H2. The van der Waals surface area contributed by atoms with E-state index in [9.17, 15) is 51.5 Å². The van der Waals surface area contributed by atoms with Gasteiger partial charge in [-0.25, -0.2) is 0 Å². The molecule has 0 aromatic heterocycles. The summed E-state index contributed by atoms with van der Waals surface area (Å²) in [7, 11) is 5.63. The van der Waals surface area contributed by atoms with Gasteiger partial charge in [0.15, 0.2) is 46.3 Å². The Labute approximate surface area is 630 Å². The summed E-state index contributed by atoms with van der Waals surface area (Å²) in [5.41, 5.74) is 7.46. The van der Waals surface area contributed by atoms with Crippen LogP contribution >= 0.6 is 175 Å². The van der Waals surface area contributed by atoms with E-state index in [1.54, 1.807) is 108 Å². The molecule has 8 aromatic carbocycles. The van der Waals surface area contributed by atoms with Crippen molar-refractivity contribution in [2.24, 2.45) is 0 Å². The third kappa shape index (κ3) is 19.4. The lowest BCUT2D eigenvalue weighted by atomic mass is 10.1. The van der Waals surface area contributed by atoms with E-state index in [0.29, 0.717) is 70.8 Å². The molecule has 0 N–H and O–H groups in total. The Morgan fingerprint density at radius 3 is 1.45 bits per heavy atom. The first-order valence-electron chi connectivity index (χ1n) is 28.8. The molecule has 0 saturated carbocycles. The molecular formula is C70H53Cl4F3INO9S9. The molecule has 0 amide bonds. The zero-order chi connectivity index (χ0) is 70.0. The Morgan fingerprint density at radius 2 is 0.907 bits per heavy atom. The van der Waals surface area contributed by atoms with Gasteiger partial charge in [0.05, 0.1) is 79.3 Å². The Morgan fingerprint density at radius 1 is 0.443 bits per heavy atom. The Bertz CT molecular complexity index is 4420. The van der Waals surface area contributed by atoms with Crippen LogP contribution in [-0.2, 0) is 6.18 Å². The van der Waals surface area contributed by atoms with Gasteiger partial charge in [-0.15, -0.1) is 106 Å². The molecule has 0 atom stereocenters. The van der Waals surface area contributed by atoms with Crippen molar-refractivity contribution in [2.45, 2.75) is 57.2 Å². The highest BCUT2D eigenvalue weighted by atomic mass is 127.